The molecule has 3 rings (SSSR count). The molecule has 0 saturated heterocycles. The molecule has 0 bridgehead atoms. The Morgan fingerprint density at radius 2 is 1.57 bits per heavy atom. The summed E-state index contributed by atoms with van der Waals surface area (Å²) < 4.78 is 5.61. The van der Waals surface area contributed by atoms with Crippen molar-refractivity contribution >= 4 is 5.97 Å². The molecule has 0 aromatic heterocycles. The summed E-state index contributed by atoms with van der Waals surface area (Å²) in [5, 5.41) is 0. The SMILES string of the molecule is CCCCCc1ccc(C(=O)Oc2ccc(C3(CC)CCCCC3)cc2)cc1. The average molecular weight is 379 g/mol. The average Bonchev–Trinajstić information content (AvgIpc) is 2.75. The summed E-state index contributed by atoms with van der Waals surface area (Å²) >= 11 is 0. The summed E-state index contributed by atoms with van der Waals surface area (Å²) in [7, 11) is 0. The van der Waals surface area contributed by atoms with Gasteiger partial charge in [0.15, 0.2) is 0 Å². The summed E-state index contributed by atoms with van der Waals surface area (Å²) in [5.41, 5.74) is 3.60. The molecule has 2 aromatic carbocycles. The molecule has 0 spiro atoms. The van der Waals surface area contributed by atoms with Crippen molar-refractivity contribution in [2.24, 2.45) is 0 Å². The molecule has 1 aliphatic carbocycles. The van der Waals surface area contributed by atoms with E-state index in [2.05, 4.69) is 26.0 Å². The number of carbonyl (C=O) groups is 1. The topological polar surface area (TPSA) is 26.3 Å². The van der Waals surface area contributed by atoms with Crippen LogP contribution in [0.5, 0.6) is 5.75 Å². The fourth-order valence-corrected chi connectivity index (χ4v) is 4.50. The molecule has 0 radical (unpaired) electrons. The van der Waals surface area contributed by atoms with Crippen LogP contribution in [0, 0.1) is 0 Å². The highest BCUT2D eigenvalue weighted by Crippen LogP contribution is 2.42. The number of rotatable bonds is 8. The largest absolute Gasteiger partial charge is 0.423 e. The lowest BCUT2D eigenvalue weighted by Crippen LogP contribution is -2.28. The summed E-state index contributed by atoms with van der Waals surface area (Å²) in [6.07, 6.45) is 12.5. The van der Waals surface area contributed by atoms with Crippen molar-refractivity contribution in [1.82, 2.24) is 0 Å². The second-order valence-corrected chi connectivity index (χ2v) is 8.26. The maximum Gasteiger partial charge on any atom is 0.343 e. The molecule has 0 heterocycles. The van der Waals surface area contributed by atoms with Crippen molar-refractivity contribution in [2.45, 2.75) is 83.5 Å². The zero-order valence-corrected chi connectivity index (χ0v) is 17.5. The second kappa shape index (κ2) is 9.91. The minimum atomic E-state index is -0.282. The van der Waals surface area contributed by atoms with E-state index >= 15 is 0 Å². The van der Waals surface area contributed by atoms with Crippen LogP contribution < -0.4 is 4.74 Å². The standard InChI is InChI=1S/C26H34O2/c1-3-5-7-10-21-11-13-22(14-12-21)25(27)28-24-17-15-23(16-18-24)26(4-2)19-8-6-9-20-26/h11-18H,3-10,19-20H2,1-2H3. The van der Waals surface area contributed by atoms with E-state index in [4.69, 9.17) is 4.74 Å². The number of carbonyl (C=O) groups excluding carboxylic acids is 1. The Labute approximate surface area is 170 Å². The zero-order chi connectivity index (χ0) is 19.8. The van der Waals surface area contributed by atoms with E-state index in [-0.39, 0.29) is 5.97 Å². The van der Waals surface area contributed by atoms with Crippen LogP contribution in [0.2, 0.25) is 0 Å². The molecule has 0 N–H and O–H groups in total. The van der Waals surface area contributed by atoms with Gasteiger partial charge in [0.25, 0.3) is 0 Å². The van der Waals surface area contributed by atoms with Crippen LogP contribution in [0.1, 0.15) is 93.1 Å². The van der Waals surface area contributed by atoms with E-state index in [0.717, 1.165) is 6.42 Å². The number of aryl methyl sites for hydroxylation is 1. The molecular formula is C26H34O2. The minimum absolute atomic E-state index is 0.282. The van der Waals surface area contributed by atoms with Gasteiger partial charge in [0.05, 0.1) is 5.56 Å². The Kier molecular flexibility index (Phi) is 7.30. The van der Waals surface area contributed by atoms with Crippen molar-refractivity contribution in [2.75, 3.05) is 0 Å². The van der Waals surface area contributed by atoms with Gasteiger partial charge >= 0.3 is 5.97 Å². The van der Waals surface area contributed by atoms with Crippen molar-refractivity contribution in [3.8, 4) is 5.75 Å². The fourth-order valence-electron chi connectivity index (χ4n) is 4.50. The van der Waals surface area contributed by atoms with Crippen LogP contribution in [0.25, 0.3) is 0 Å². The Morgan fingerprint density at radius 1 is 0.893 bits per heavy atom. The third-order valence-electron chi connectivity index (χ3n) is 6.42. The van der Waals surface area contributed by atoms with E-state index < -0.39 is 0 Å². The molecule has 150 valence electrons. The third-order valence-corrected chi connectivity index (χ3v) is 6.42. The van der Waals surface area contributed by atoms with Gasteiger partial charge in [-0.2, -0.15) is 0 Å². The van der Waals surface area contributed by atoms with Gasteiger partial charge in [-0.15, -0.1) is 0 Å². The molecule has 28 heavy (non-hydrogen) atoms. The summed E-state index contributed by atoms with van der Waals surface area (Å²) in [5.74, 6) is 0.346. The monoisotopic (exact) mass is 378 g/mol. The van der Waals surface area contributed by atoms with Gasteiger partial charge in [0, 0.05) is 0 Å². The van der Waals surface area contributed by atoms with Crippen LogP contribution in [0.4, 0.5) is 0 Å². The molecule has 2 heteroatoms. The Morgan fingerprint density at radius 3 is 2.18 bits per heavy atom. The maximum atomic E-state index is 12.5. The molecule has 0 atom stereocenters. The number of hydrogen-bond acceptors (Lipinski definition) is 2. The Hall–Kier alpha value is -2.09. The van der Waals surface area contributed by atoms with Gasteiger partial charge in [0.2, 0.25) is 0 Å². The maximum absolute atomic E-state index is 12.5. The van der Waals surface area contributed by atoms with E-state index in [9.17, 15) is 4.79 Å². The van der Waals surface area contributed by atoms with Crippen LogP contribution >= 0.6 is 0 Å². The highest BCUT2D eigenvalue weighted by molar-refractivity contribution is 5.91. The zero-order valence-electron chi connectivity index (χ0n) is 17.5. The Bertz CT molecular complexity index is 737. The molecule has 0 unspecified atom stereocenters. The molecule has 1 fully saturated rings. The number of esters is 1. The highest BCUT2D eigenvalue weighted by Gasteiger charge is 2.31. The smallest absolute Gasteiger partial charge is 0.343 e. The van der Waals surface area contributed by atoms with Crippen LogP contribution in [-0.2, 0) is 11.8 Å². The van der Waals surface area contributed by atoms with Gasteiger partial charge in [0.1, 0.15) is 5.75 Å². The Balaban J connectivity index is 1.61. The highest BCUT2D eigenvalue weighted by atomic mass is 16.5. The lowest BCUT2D eigenvalue weighted by Gasteiger charge is -2.37. The summed E-state index contributed by atoms with van der Waals surface area (Å²) in [6, 6.07) is 16.1. The van der Waals surface area contributed by atoms with E-state index in [0.29, 0.717) is 16.7 Å². The first-order valence-electron chi connectivity index (χ1n) is 11.1. The van der Waals surface area contributed by atoms with Gasteiger partial charge in [-0.1, -0.05) is 70.2 Å². The van der Waals surface area contributed by atoms with Crippen LogP contribution in [-0.4, -0.2) is 5.97 Å². The van der Waals surface area contributed by atoms with Crippen LogP contribution in [0.3, 0.4) is 0 Å². The predicted octanol–water partition coefficient (Wildman–Crippen LogP) is 7.25. The van der Waals surface area contributed by atoms with E-state index in [1.54, 1.807) is 0 Å². The van der Waals surface area contributed by atoms with E-state index in [1.807, 2.05) is 36.4 Å². The van der Waals surface area contributed by atoms with Gasteiger partial charge in [-0.05, 0) is 72.9 Å². The van der Waals surface area contributed by atoms with Gasteiger partial charge in [-0.3, -0.25) is 0 Å². The fraction of sp³-hybridized carbons (Fsp3) is 0.500. The van der Waals surface area contributed by atoms with E-state index in [1.165, 1.54) is 68.9 Å². The van der Waals surface area contributed by atoms with Crippen molar-refractivity contribution in [3.63, 3.8) is 0 Å². The first kappa shape index (κ1) is 20.6. The van der Waals surface area contributed by atoms with Gasteiger partial charge in [-0.25, -0.2) is 4.79 Å². The molecular weight excluding hydrogens is 344 g/mol. The summed E-state index contributed by atoms with van der Waals surface area (Å²) in [6.45, 7) is 4.51. The lowest BCUT2D eigenvalue weighted by atomic mass is 9.68. The molecule has 0 amide bonds. The molecule has 1 saturated carbocycles. The predicted molar refractivity (Wildman–Crippen MR) is 116 cm³/mol. The van der Waals surface area contributed by atoms with Crippen molar-refractivity contribution in [1.29, 1.82) is 0 Å². The number of benzene rings is 2. The quantitative estimate of drug-likeness (QED) is 0.275. The van der Waals surface area contributed by atoms with Gasteiger partial charge < -0.3 is 4.74 Å². The molecule has 2 aromatic rings. The minimum Gasteiger partial charge on any atom is -0.423 e. The normalized spacial score (nSPS) is 15.9. The summed E-state index contributed by atoms with van der Waals surface area (Å²) in [4.78, 5) is 12.5. The van der Waals surface area contributed by atoms with Crippen molar-refractivity contribution < 1.29 is 9.53 Å². The number of ether oxygens (including phenoxy) is 1. The van der Waals surface area contributed by atoms with Crippen molar-refractivity contribution in [3.05, 3.63) is 65.2 Å². The molecule has 1 aliphatic rings. The van der Waals surface area contributed by atoms with Crippen LogP contribution in [0.15, 0.2) is 48.5 Å². The first-order chi connectivity index (χ1) is 13.7. The molecule has 0 aliphatic heterocycles. The molecule has 2 nitrogen and oxygen atoms in total. The second-order valence-electron chi connectivity index (χ2n) is 8.26. The number of unbranched alkanes of at least 4 members (excludes halogenated alkanes) is 2. The lowest BCUT2D eigenvalue weighted by molar-refractivity contribution is 0.0734. The number of hydrogen-bond donors (Lipinski definition) is 0. The third kappa shape index (κ3) is 5.04. The first-order valence-corrected chi connectivity index (χ1v) is 11.1.